The Morgan fingerprint density at radius 1 is 1.32 bits per heavy atom. The lowest BCUT2D eigenvalue weighted by Gasteiger charge is -2.13. The number of nitrogens with one attached hydrogen (secondary N) is 2. The second-order valence-corrected chi connectivity index (χ2v) is 8.21. The molecule has 0 spiro atoms. The molecule has 1 unspecified atom stereocenters. The van der Waals surface area contributed by atoms with Gasteiger partial charge >= 0.3 is 6.18 Å². The van der Waals surface area contributed by atoms with Crippen molar-refractivity contribution in [1.82, 2.24) is 5.32 Å². The van der Waals surface area contributed by atoms with Gasteiger partial charge in [-0.3, -0.25) is 9.59 Å². The van der Waals surface area contributed by atoms with Crippen LogP contribution in [0.25, 0.3) is 0 Å². The molecule has 1 aliphatic heterocycles. The number of hydrogen-bond donors (Lipinski definition) is 2. The molecule has 1 atom stereocenters. The number of amides is 2. The number of ether oxygens (including phenoxy) is 1. The number of aliphatic imine (C=N–C) groups is 1. The van der Waals surface area contributed by atoms with E-state index in [9.17, 15) is 22.8 Å². The first-order valence-corrected chi connectivity index (χ1v) is 10.2. The molecule has 2 aromatic rings. The van der Waals surface area contributed by atoms with Gasteiger partial charge in [0.25, 0.3) is 0 Å². The lowest BCUT2D eigenvalue weighted by Crippen LogP contribution is -2.28. The first-order valence-electron chi connectivity index (χ1n) is 8.94. The number of carbonyl (C=O) groups excluding carboxylic acids is 2. The predicted octanol–water partition coefficient (Wildman–Crippen LogP) is 4.92. The van der Waals surface area contributed by atoms with E-state index in [4.69, 9.17) is 16.3 Å². The average Bonchev–Trinajstić information content (AvgIpc) is 3.02. The van der Waals surface area contributed by atoms with Crippen molar-refractivity contribution < 1.29 is 27.5 Å². The van der Waals surface area contributed by atoms with Gasteiger partial charge in [-0.25, -0.2) is 4.99 Å². The highest BCUT2D eigenvalue weighted by molar-refractivity contribution is 8.15. The van der Waals surface area contributed by atoms with Crippen molar-refractivity contribution in [3.63, 3.8) is 0 Å². The summed E-state index contributed by atoms with van der Waals surface area (Å²) in [5.74, 6) is -0.516. The topological polar surface area (TPSA) is 79.8 Å². The summed E-state index contributed by atoms with van der Waals surface area (Å²) in [5.41, 5.74) is 0.354. The second kappa shape index (κ2) is 9.19. The van der Waals surface area contributed by atoms with E-state index in [0.29, 0.717) is 16.5 Å². The van der Waals surface area contributed by atoms with Crippen LogP contribution >= 0.6 is 23.4 Å². The monoisotopic (exact) mass is 471 g/mol. The van der Waals surface area contributed by atoms with Crippen LogP contribution in [-0.2, 0) is 15.8 Å². The molecule has 0 saturated carbocycles. The zero-order valence-corrected chi connectivity index (χ0v) is 17.9. The van der Waals surface area contributed by atoms with Gasteiger partial charge in [0.15, 0.2) is 5.17 Å². The van der Waals surface area contributed by atoms with Gasteiger partial charge in [0.05, 0.1) is 24.0 Å². The molecule has 2 N–H and O–H groups in total. The first-order chi connectivity index (χ1) is 14.6. The van der Waals surface area contributed by atoms with E-state index < -0.39 is 28.8 Å². The maximum Gasteiger partial charge on any atom is 0.416 e. The lowest BCUT2D eigenvalue weighted by molar-refractivity contribution is -0.137. The van der Waals surface area contributed by atoms with E-state index in [2.05, 4.69) is 15.6 Å². The standard InChI is InChI=1S/C20H17ClF3N3O3S/c1-10-6-14(15(30-2)8-13(10)21)26-17(28)9-16-18(29)27-19(31-16)25-12-5-3-4-11(7-12)20(22,23)24/h3-8,16H,9H2,1-2H3,(H,26,28)(H,25,27,29). The molecular formula is C20H17ClF3N3O3S. The van der Waals surface area contributed by atoms with Gasteiger partial charge in [-0.1, -0.05) is 29.4 Å². The molecule has 1 aliphatic rings. The number of nitrogens with zero attached hydrogens (tertiary/aromatic N) is 1. The Morgan fingerprint density at radius 3 is 2.74 bits per heavy atom. The number of amidine groups is 1. The van der Waals surface area contributed by atoms with Gasteiger partial charge in [0, 0.05) is 17.5 Å². The Labute approximate surface area is 185 Å². The summed E-state index contributed by atoms with van der Waals surface area (Å²) in [5, 5.41) is 5.01. The minimum Gasteiger partial charge on any atom is -0.495 e. The SMILES string of the molecule is COc1cc(Cl)c(C)cc1NC(=O)CC1SC(=Nc2cccc(C(F)(F)F)c2)NC1=O. The summed E-state index contributed by atoms with van der Waals surface area (Å²) < 4.78 is 43.7. The number of aryl methyl sites for hydroxylation is 1. The van der Waals surface area contributed by atoms with E-state index in [1.165, 1.54) is 19.2 Å². The van der Waals surface area contributed by atoms with Crippen molar-refractivity contribution in [1.29, 1.82) is 0 Å². The van der Waals surface area contributed by atoms with Crippen LogP contribution in [0, 0.1) is 6.92 Å². The molecule has 31 heavy (non-hydrogen) atoms. The smallest absolute Gasteiger partial charge is 0.416 e. The quantitative estimate of drug-likeness (QED) is 0.648. The molecule has 1 fully saturated rings. The van der Waals surface area contributed by atoms with Gasteiger partial charge in [-0.2, -0.15) is 13.2 Å². The Morgan fingerprint density at radius 2 is 2.06 bits per heavy atom. The second-order valence-electron chi connectivity index (χ2n) is 6.61. The maximum absolute atomic E-state index is 12.8. The van der Waals surface area contributed by atoms with E-state index in [-0.39, 0.29) is 17.3 Å². The minimum atomic E-state index is -4.50. The fourth-order valence-corrected chi connectivity index (χ4v) is 3.90. The van der Waals surface area contributed by atoms with E-state index in [1.54, 1.807) is 19.1 Å². The number of carbonyl (C=O) groups is 2. The zero-order valence-electron chi connectivity index (χ0n) is 16.3. The average molecular weight is 472 g/mol. The van der Waals surface area contributed by atoms with Gasteiger partial charge in [0.2, 0.25) is 11.8 Å². The zero-order chi connectivity index (χ0) is 22.8. The number of benzene rings is 2. The molecule has 0 bridgehead atoms. The van der Waals surface area contributed by atoms with Crippen LogP contribution < -0.4 is 15.4 Å². The summed E-state index contributed by atoms with van der Waals surface area (Å²) in [4.78, 5) is 28.7. The van der Waals surface area contributed by atoms with Gasteiger partial charge < -0.3 is 15.4 Å². The van der Waals surface area contributed by atoms with Crippen molar-refractivity contribution in [2.24, 2.45) is 4.99 Å². The molecular weight excluding hydrogens is 455 g/mol. The van der Waals surface area contributed by atoms with E-state index in [0.717, 1.165) is 29.5 Å². The normalized spacial score (nSPS) is 17.5. The fraction of sp³-hybridized carbons (Fsp3) is 0.250. The molecule has 2 amide bonds. The molecule has 1 heterocycles. The van der Waals surface area contributed by atoms with Crippen LogP contribution in [0.4, 0.5) is 24.5 Å². The third-order valence-electron chi connectivity index (χ3n) is 4.31. The highest BCUT2D eigenvalue weighted by Gasteiger charge is 2.33. The summed E-state index contributed by atoms with van der Waals surface area (Å²) >= 11 is 7.03. The Kier molecular flexibility index (Phi) is 6.80. The molecule has 0 aromatic heterocycles. The molecule has 2 aromatic carbocycles. The molecule has 0 radical (unpaired) electrons. The third-order valence-corrected chi connectivity index (χ3v) is 5.80. The van der Waals surface area contributed by atoms with Crippen molar-refractivity contribution >= 4 is 51.7 Å². The van der Waals surface area contributed by atoms with Crippen molar-refractivity contribution in [3.8, 4) is 5.75 Å². The lowest BCUT2D eigenvalue weighted by atomic mass is 10.2. The van der Waals surface area contributed by atoms with Crippen LogP contribution in [0.5, 0.6) is 5.75 Å². The fourth-order valence-electron chi connectivity index (χ4n) is 2.76. The van der Waals surface area contributed by atoms with Crippen LogP contribution in [0.1, 0.15) is 17.5 Å². The minimum absolute atomic E-state index is 0.0455. The maximum atomic E-state index is 12.8. The van der Waals surface area contributed by atoms with Crippen molar-refractivity contribution in [2.45, 2.75) is 24.8 Å². The first kappa shape index (κ1) is 23.0. The number of alkyl halides is 3. The number of rotatable bonds is 5. The molecule has 164 valence electrons. The predicted molar refractivity (Wildman–Crippen MR) is 114 cm³/mol. The van der Waals surface area contributed by atoms with E-state index >= 15 is 0 Å². The van der Waals surface area contributed by atoms with Crippen molar-refractivity contribution in [3.05, 3.63) is 52.5 Å². The Hall–Kier alpha value is -2.72. The number of hydrogen-bond acceptors (Lipinski definition) is 5. The van der Waals surface area contributed by atoms with Crippen LogP contribution in [0.3, 0.4) is 0 Å². The molecule has 3 rings (SSSR count). The van der Waals surface area contributed by atoms with Gasteiger partial charge in [-0.15, -0.1) is 0 Å². The Balaban J connectivity index is 1.68. The summed E-state index contributed by atoms with van der Waals surface area (Å²) in [7, 11) is 1.44. The number of anilines is 1. The molecule has 6 nitrogen and oxygen atoms in total. The third kappa shape index (κ3) is 5.71. The summed E-state index contributed by atoms with van der Waals surface area (Å²) in [6.45, 7) is 1.77. The van der Waals surface area contributed by atoms with Gasteiger partial charge in [0.1, 0.15) is 11.0 Å². The highest BCUT2D eigenvalue weighted by Crippen LogP contribution is 2.33. The van der Waals surface area contributed by atoms with Crippen LogP contribution in [0.2, 0.25) is 5.02 Å². The number of thioether (sulfide) groups is 1. The van der Waals surface area contributed by atoms with Crippen LogP contribution in [0.15, 0.2) is 41.4 Å². The molecule has 1 saturated heterocycles. The summed E-state index contributed by atoms with van der Waals surface area (Å²) in [6, 6.07) is 7.67. The Bertz CT molecular complexity index is 1060. The number of methoxy groups -OCH3 is 1. The van der Waals surface area contributed by atoms with Crippen molar-refractivity contribution in [2.75, 3.05) is 12.4 Å². The largest absolute Gasteiger partial charge is 0.495 e. The molecule has 11 heteroatoms. The number of halogens is 4. The van der Waals surface area contributed by atoms with E-state index in [1.807, 2.05) is 0 Å². The highest BCUT2D eigenvalue weighted by atomic mass is 35.5. The molecule has 0 aliphatic carbocycles. The van der Waals surface area contributed by atoms with Crippen LogP contribution in [-0.4, -0.2) is 29.3 Å². The van der Waals surface area contributed by atoms with Gasteiger partial charge in [-0.05, 0) is 36.8 Å². The summed E-state index contributed by atoms with van der Waals surface area (Å²) in [6.07, 6.45) is -4.66.